The average molecular weight is 288 g/mol. The maximum Gasteiger partial charge on any atom is 0.119 e. The summed E-state index contributed by atoms with van der Waals surface area (Å²) in [7, 11) is 0. The first-order chi connectivity index (χ1) is 10.3. The minimum absolute atomic E-state index is 0.298. The highest BCUT2D eigenvalue weighted by Crippen LogP contribution is 2.21. The van der Waals surface area contributed by atoms with Crippen LogP contribution in [0.1, 0.15) is 37.7 Å². The summed E-state index contributed by atoms with van der Waals surface area (Å²) in [6.07, 6.45) is 5.55. The Bertz CT molecular complexity index is 453. The molecule has 4 nitrogen and oxygen atoms in total. The average Bonchev–Trinajstić information content (AvgIpc) is 2.97. The summed E-state index contributed by atoms with van der Waals surface area (Å²) < 4.78 is 5.71. The van der Waals surface area contributed by atoms with Crippen molar-refractivity contribution in [2.24, 2.45) is 0 Å². The molecule has 4 heteroatoms. The van der Waals surface area contributed by atoms with Crippen molar-refractivity contribution in [3.63, 3.8) is 0 Å². The van der Waals surface area contributed by atoms with Gasteiger partial charge in [-0.05, 0) is 62.9 Å². The van der Waals surface area contributed by atoms with Crippen molar-refractivity contribution >= 4 is 0 Å². The summed E-state index contributed by atoms with van der Waals surface area (Å²) >= 11 is 0. The van der Waals surface area contributed by atoms with Gasteiger partial charge >= 0.3 is 0 Å². The summed E-state index contributed by atoms with van der Waals surface area (Å²) in [6, 6.07) is 9.99. The SMILES string of the molecule is N#Cc1ccc(OCCCN2CCCC2CCCO)cc1. The lowest BCUT2D eigenvalue weighted by atomic mass is 10.1. The fraction of sp³-hybridized carbons (Fsp3) is 0.588. The highest BCUT2D eigenvalue weighted by molar-refractivity contribution is 5.34. The Morgan fingerprint density at radius 3 is 2.81 bits per heavy atom. The fourth-order valence-electron chi connectivity index (χ4n) is 2.93. The highest BCUT2D eigenvalue weighted by atomic mass is 16.5. The smallest absolute Gasteiger partial charge is 0.119 e. The molecule has 1 atom stereocenters. The largest absolute Gasteiger partial charge is 0.494 e. The molecule has 1 aromatic carbocycles. The maximum atomic E-state index is 8.93. The molecule has 1 aliphatic heterocycles. The molecule has 0 radical (unpaired) electrons. The van der Waals surface area contributed by atoms with E-state index in [4.69, 9.17) is 15.1 Å². The van der Waals surface area contributed by atoms with Gasteiger partial charge in [0.2, 0.25) is 0 Å². The quantitative estimate of drug-likeness (QED) is 0.747. The number of hydrogen-bond donors (Lipinski definition) is 1. The lowest BCUT2D eigenvalue weighted by Crippen LogP contribution is -2.31. The molecule has 2 rings (SSSR count). The Morgan fingerprint density at radius 1 is 1.29 bits per heavy atom. The minimum atomic E-state index is 0.298. The molecule has 1 heterocycles. The van der Waals surface area contributed by atoms with E-state index in [1.54, 1.807) is 12.1 Å². The van der Waals surface area contributed by atoms with Crippen LogP contribution in [0.5, 0.6) is 5.75 Å². The van der Waals surface area contributed by atoms with Crippen LogP contribution in [0.4, 0.5) is 0 Å². The third-order valence-corrected chi connectivity index (χ3v) is 4.04. The van der Waals surface area contributed by atoms with Crippen LogP contribution in [-0.2, 0) is 0 Å². The zero-order valence-corrected chi connectivity index (χ0v) is 12.5. The molecular formula is C17H24N2O2. The van der Waals surface area contributed by atoms with E-state index < -0.39 is 0 Å². The van der Waals surface area contributed by atoms with E-state index in [9.17, 15) is 0 Å². The van der Waals surface area contributed by atoms with E-state index in [1.165, 1.54) is 19.4 Å². The Hall–Kier alpha value is -1.57. The molecule has 1 aromatic rings. The number of aliphatic hydroxyl groups is 1. The molecule has 0 bridgehead atoms. The first-order valence-corrected chi connectivity index (χ1v) is 7.81. The summed E-state index contributed by atoms with van der Waals surface area (Å²) in [6.45, 7) is 3.24. The van der Waals surface area contributed by atoms with Crippen LogP contribution in [0.3, 0.4) is 0 Å². The van der Waals surface area contributed by atoms with Gasteiger partial charge in [-0.25, -0.2) is 0 Å². The number of hydrogen-bond acceptors (Lipinski definition) is 4. The number of likely N-dealkylation sites (tertiary alicyclic amines) is 1. The monoisotopic (exact) mass is 288 g/mol. The fourth-order valence-corrected chi connectivity index (χ4v) is 2.93. The molecule has 0 saturated carbocycles. The molecule has 21 heavy (non-hydrogen) atoms. The van der Waals surface area contributed by atoms with Crippen LogP contribution >= 0.6 is 0 Å². The zero-order chi connectivity index (χ0) is 14.9. The predicted molar refractivity (Wildman–Crippen MR) is 82.2 cm³/mol. The molecule has 114 valence electrons. The van der Waals surface area contributed by atoms with Crippen molar-refractivity contribution in [2.45, 2.75) is 38.1 Å². The highest BCUT2D eigenvalue weighted by Gasteiger charge is 2.23. The molecule has 1 N–H and O–H groups in total. The van der Waals surface area contributed by atoms with Crippen LogP contribution in [0, 0.1) is 11.3 Å². The number of aliphatic hydroxyl groups excluding tert-OH is 1. The first kappa shape index (κ1) is 15.8. The second-order valence-electron chi connectivity index (χ2n) is 5.54. The molecule has 0 aliphatic carbocycles. The lowest BCUT2D eigenvalue weighted by Gasteiger charge is -2.24. The number of benzene rings is 1. The van der Waals surface area contributed by atoms with Gasteiger partial charge in [0.1, 0.15) is 5.75 Å². The Balaban J connectivity index is 1.65. The van der Waals surface area contributed by atoms with Gasteiger partial charge in [-0.15, -0.1) is 0 Å². The maximum absolute atomic E-state index is 8.93. The van der Waals surface area contributed by atoms with Gasteiger partial charge in [0.15, 0.2) is 0 Å². The topological polar surface area (TPSA) is 56.5 Å². The van der Waals surface area contributed by atoms with Crippen LogP contribution in [-0.4, -0.2) is 42.4 Å². The standard InChI is InChI=1S/C17H24N2O2/c18-14-15-6-8-17(9-7-15)21-13-3-11-19-10-1-4-16(19)5-2-12-20/h6-9,16,20H,1-5,10-13H2. The second kappa shape index (κ2) is 8.66. The van der Waals surface area contributed by atoms with Gasteiger partial charge in [-0.3, -0.25) is 0 Å². The Morgan fingerprint density at radius 2 is 2.10 bits per heavy atom. The van der Waals surface area contributed by atoms with Gasteiger partial charge in [0.25, 0.3) is 0 Å². The summed E-state index contributed by atoms with van der Waals surface area (Å²) in [5.74, 6) is 0.826. The third-order valence-electron chi connectivity index (χ3n) is 4.04. The van der Waals surface area contributed by atoms with Crippen molar-refractivity contribution < 1.29 is 9.84 Å². The van der Waals surface area contributed by atoms with Crippen LogP contribution in [0.25, 0.3) is 0 Å². The second-order valence-corrected chi connectivity index (χ2v) is 5.54. The van der Waals surface area contributed by atoms with Crippen molar-refractivity contribution in [1.29, 1.82) is 5.26 Å². The van der Waals surface area contributed by atoms with E-state index >= 15 is 0 Å². The molecule has 0 aromatic heterocycles. The number of ether oxygens (including phenoxy) is 1. The minimum Gasteiger partial charge on any atom is -0.494 e. The van der Waals surface area contributed by atoms with E-state index in [0.717, 1.165) is 31.6 Å². The van der Waals surface area contributed by atoms with Gasteiger partial charge in [0, 0.05) is 19.2 Å². The lowest BCUT2D eigenvalue weighted by molar-refractivity contribution is 0.199. The predicted octanol–water partition coefficient (Wildman–Crippen LogP) is 2.56. The number of rotatable bonds is 8. The molecule has 1 aliphatic rings. The van der Waals surface area contributed by atoms with Gasteiger partial charge in [0.05, 0.1) is 18.2 Å². The van der Waals surface area contributed by atoms with E-state index in [2.05, 4.69) is 11.0 Å². The zero-order valence-electron chi connectivity index (χ0n) is 12.5. The van der Waals surface area contributed by atoms with E-state index in [0.29, 0.717) is 24.8 Å². The first-order valence-electron chi connectivity index (χ1n) is 7.81. The van der Waals surface area contributed by atoms with Gasteiger partial charge < -0.3 is 14.7 Å². The van der Waals surface area contributed by atoms with E-state index in [1.807, 2.05) is 12.1 Å². The molecule has 1 saturated heterocycles. The van der Waals surface area contributed by atoms with Gasteiger partial charge in [-0.2, -0.15) is 5.26 Å². The Kier molecular flexibility index (Phi) is 6.52. The third kappa shape index (κ3) is 5.04. The molecule has 0 amide bonds. The summed E-state index contributed by atoms with van der Waals surface area (Å²) in [5.41, 5.74) is 0.658. The normalized spacial score (nSPS) is 18.6. The van der Waals surface area contributed by atoms with Crippen molar-refractivity contribution in [2.75, 3.05) is 26.3 Å². The van der Waals surface area contributed by atoms with Crippen LogP contribution in [0.15, 0.2) is 24.3 Å². The number of nitriles is 1. The number of nitrogens with zero attached hydrogens (tertiary/aromatic N) is 2. The van der Waals surface area contributed by atoms with Crippen LogP contribution < -0.4 is 4.74 Å². The Labute approximate surface area is 127 Å². The van der Waals surface area contributed by atoms with E-state index in [-0.39, 0.29) is 0 Å². The molecular weight excluding hydrogens is 264 g/mol. The van der Waals surface area contributed by atoms with Crippen LogP contribution in [0.2, 0.25) is 0 Å². The molecule has 1 fully saturated rings. The van der Waals surface area contributed by atoms with Gasteiger partial charge in [-0.1, -0.05) is 0 Å². The summed E-state index contributed by atoms with van der Waals surface area (Å²) in [5, 5.41) is 17.7. The summed E-state index contributed by atoms with van der Waals surface area (Å²) in [4.78, 5) is 2.53. The molecule has 1 unspecified atom stereocenters. The van der Waals surface area contributed by atoms with Crippen molar-refractivity contribution in [3.05, 3.63) is 29.8 Å². The van der Waals surface area contributed by atoms with Crippen molar-refractivity contribution in [1.82, 2.24) is 4.90 Å². The molecule has 0 spiro atoms. The van der Waals surface area contributed by atoms with Crippen molar-refractivity contribution in [3.8, 4) is 11.8 Å².